The van der Waals surface area contributed by atoms with Crippen LogP contribution in [-0.2, 0) is 14.8 Å². The molecular weight excluding hydrogens is 368 g/mol. The third kappa shape index (κ3) is 5.82. The number of carbonyl (C=O) groups excluding carboxylic acids is 1. The third-order valence-corrected chi connectivity index (χ3v) is 5.14. The van der Waals surface area contributed by atoms with E-state index in [1.807, 2.05) is 13.8 Å². The van der Waals surface area contributed by atoms with E-state index in [1.54, 1.807) is 18.2 Å². The second-order valence-electron chi connectivity index (χ2n) is 6.49. The van der Waals surface area contributed by atoms with E-state index in [9.17, 15) is 23.1 Å². The zero-order valence-electron chi connectivity index (χ0n) is 15.0. The van der Waals surface area contributed by atoms with E-state index in [0.29, 0.717) is 6.42 Å². The Morgan fingerprint density at radius 2 is 1.70 bits per heavy atom. The lowest BCUT2D eigenvalue weighted by Gasteiger charge is -2.17. The smallest absolute Gasteiger partial charge is 0.326 e. The molecule has 0 bridgehead atoms. The van der Waals surface area contributed by atoms with Crippen molar-refractivity contribution >= 4 is 27.6 Å². The van der Waals surface area contributed by atoms with Crippen LogP contribution in [0.15, 0.2) is 59.5 Å². The molecule has 0 heterocycles. The maximum Gasteiger partial charge on any atom is 0.326 e. The van der Waals surface area contributed by atoms with Gasteiger partial charge in [-0.25, -0.2) is 13.2 Å². The average Bonchev–Trinajstić information content (AvgIpc) is 2.61. The highest BCUT2D eigenvalue weighted by molar-refractivity contribution is 7.92. The van der Waals surface area contributed by atoms with Crippen molar-refractivity contribution in [1.82, 2.24) is 5.32 Å². The summed E-state index contributed by atoms with van der Waals surface area (Å²) in [6.45, 7) is 3.72. The maximum atomic E-state index is 12.4. The van der Waals surface area contributed by atoms with Crippen LogP contribution in [0.25, 0.3) is 0 Å². The predicted octanol–water partition coefficient (Wildman–Crippen LogP) is 2.72. The maximum absolute atomic E-state index is 12.4. The number of carboxylic acid groups (broad SMARTS) is 1. The van der Waals surface area contributed by atoms with Gasteiger partial charge < -0.3 is 10.4 Å². The molecule has 8 heteroatoms. The number of rotatable bonds is 8. The molecule has 0 aromatic heterocycles. The van der Waals surface area contributed by atoms with Crippen molar-refractivity contribution in [2.75, 3.05) is 4.72 Å². The molecule has 0 aliphatic heterocycles. The molecule has 0 radical (unpaired) electrons. The van der Waals surface area contributed by atoms with Gasteiger partial charge in [-0.2, -0.15) is 0 Å². The minimum Gasteiger partial charge on any atom is -0.480 e. The number of sulfonamides is 1. The Balaban J connectivity index is 2.17. The van der Waals surface area contributed by atoms with Gasteiger partial charge in [0.05, 0.1) is 4.90 Å². The van der Waals surface area contributed by atoms with Crippen LogP contribution in [0.2, 0.25) is 0 Å². The minimum atomic E-state index is -3.78. The molecule has 0 spiro atoms. The highest BCUT2D eigenvalue weighted by Gasteiger charge is 2.22. The van der Waals surface area contributed by atoms with Gasteiger partial charge in [-0.3, -0.25) is 9.52 Å². The first-order valence-electron chi connectivity index (χ1n) is 8.40. The first-order valence-corrected chi connectivity index (χ1v) is 9.89. The van der Waals surface area contributed by atoms with E-state index in [0.717, 1.165) is 0 Å². The van der Waals surface area contributed by atoms with E-state index in [2.05, 4.69) is 10.0 Å². The number of aliphatic carboxylic acids is 1. The molecule has 0 saturated heterocycles. The van der Waals surface area contributed by atoms with Crippen LogP contribution in [0.5, 0.6) is 0 Å². The van der Waals surface area contributed by atoms with Gasteiger partial charge in [-0.05, 0) is 42.7 Å². The Kier molecular flexibility index (Phi) is 6.57. The fourth-order valence-corrected chi connectivity index (χ4v) is 3.54. The summed E-state index contributed by atoms with van der Waals surface area (Å²) in [4.78, 5) is 23.8. The number of benzene rings is 2. The first-order chi connectivity index (χ1) is 12.7. The average molecular weight is 390 g/mol. The highest BCUT2D eigenvalue weighted by Crippen LogP contribution is 2.17. The molecule has 2 rings (SSSR count). The van der Waals surface area contributed by atoms with Crippen LogP contribution in [0.1, 0.15) is 30.6 Å². The van der Waals surface area contributed by atoms with Gasteiger partial charge >= 0.3 is 5.97 Å². The number of nitrogens with one attached hydrogen (secondary N) is 2. The van der Waals surface area contributed by atoms with E-state index in [4.69, 9.17) is 0 Å². The Morgan fingerprint density at radius 1 is 1.04 bits per heavy atom. The van der Waals surface area contributed by atoms with E-state index in [-0.39, 0.29) is 22.1 Å². The number of carbonyl (C=O) groups is 2. The van der Waals surface area contributed by atoms with Gasteiger partial charge in [-0.15, -0.1) is 0 Å². The van der Waals surface area contributed by atoms with Crippen molar-refractivity contribution in [2.24, 2.45) is 5.92 Å². The molecule has 27 heavy (non-hydrogen) atoms. The lowest BCUT2D eigenvalue weighted by Crippen LogP contribution is -2.41. The van der Waals surface area contributed by atoms with E-state index < -0.39 is 27.9 Å². The predicted molar refractivity (Wildman–Crippen MR) is 102 cm³/mol. The van der Waals surface area contributed by atoms with Crippen molar-refractivity contribution in [3.05, 3.63) is 60.2 Å². The summed E-state index contributed by atoms with van der Waals surface area (Å²) in [7, 11) is -3.78. The zero-order valence-corrected chi connectivity index (χ0v) is 15.9. The van der Waals surface area contributed by atoms with Gasteiger partial charge in [0.25, 0.3) is 15.9 Å². The second-order valence-corrected chi connectivity index (χ2v) is 8.18. The van der Waals surface area contributed by atoms with Crippen LogP contribution >= 0.6 is 0 Å². The van der Waals surface area contributed by atoms with Gasteiger partial charge in [0, 0.05) is 11.3 Å². The largest absolute Gasteiger partial charge is 0.480 e. The number of carboxylic acids is 1. The number of hydrogen-bond acceptors (Lipinski definition) is 4. The summed E-state index contributed by atoms with van der Waals surface area (Å²) in [5.41, 5.74) is 0.375. The molecule has 0 saturated carbocycles. The zero-order chi connectivity index (χ0) is 20.0. The second kappa shape index (κ2) is 8.68. The summed E-state index contributed by atoms with van der Waals surface area (Å²) >= 11 is 0. The molecule has 0 fully saturated rings. The van der Waals surface area contributed by atoms with Crippen molar-refractivity contribution in [3.63, 3.8) is 0 Å². The molecule has 0 unspecified atom stereocenters. The Hall–Kier alpha value is -2.87. The number of anilines is 1. The minimum absolute atomic E-state index is 0.0930. The third-order valence-electron chi connectivity index (χ3n) is 3.74. The highest BCUT2D eigenvalue weighted by atomic mass is 32.2. The van der Waals surface area contributed by atoms with Crippen LogP contribution in [-0.4, -0.2) is 31.4 Å². The first kappa shape index (κ1) is 20.4. The molecule has 2 aromatic rings. The quantitative estimate of drug-likeness (QED) is 0.641. The van der Waals surface area contributed by atoms with Gasteiger partial charge in [0.2, 0.25) is 0 Å². The molecule has 3 N–H and O–H groups in total. The lowest BCUT2D eigenvalue weighted by atomic mass is 10.0. The van der Waals surface area contributed by atoms with Gasteiger partial charge in [0.15, 0.2) is 0 Å². The summed E-state index contributed by atoms with van der Waals surface area (Å²) in [6, 6.07) is 12.7. The molecule has 0 aliphatic rings. The molecule has 2 aromatic carbocycles. The number of hydrogen-bond donors (Lipinski definition) is 3. The lowest BCUT2D eigenvalue weighted by molar-refractivity contribution is -0.139. The van der Waals surface area contributed by atoms with Crippen LogP contribution in [0.4, 0.5) is 5.69 Å². The van der Waals surface area contributed by atoms with E-state index in [1.165, 1.54) is 36.4 Å². The normalized spacial score (nSPS) is 12.4. The fourth-order valence-electron chi connectivity index (χ4n) is 2.47. The summed E-state index contributed by atoms with van der Waals surface area (Å²) < 4.78 is 27.2. The SMILES string of the molecule is CC(C)C[C@H](NC(=O)c1cccc(NS(=O)(=O)c2ccccc2)c1)C(=O)O. The Bertz CT molecular complexity index is 911. The standard InChI is InChI=1S/C19H22N2O5S/c1-13(2)11-17(19(23)24)20-18(22)14-7-6-8-15(12-14)21-27(25,26)16-9-4-3-5-10-16/h3-10,12-13,17,21H,11H2,1-2H3,(H,20,22)(H,23,24)/t17-/m0/s1. The Morgan fingerprint density at radius 3 is 2.30 bits per heavy atom. The topological polar surface area (TPSA) is 113 Å². The summed E-state index contributed by atoms with van der Waals surface area (Å²) in [6.07, 6.45) is 0.293. The molecule has 1 amide bonds. The van der Waals surface area contributed by atoms with Crippen molar-refractivity contribution in [2.45, 2.75) is 31.2 Å². The molecule has 7 nitrogen and oxygen atoms in total. The van der Waals surface area contributed by atoms with Crippen molar-refractivity contribution in [3.8, 4) is 0 Å². The van der Waals surface area contributed by atoms with Crippen LogP contribution in [0, 0.1) is 5.92 Å². The van der Waals surface area contributed by atoms with Crippen LogP contribution in [0.3, 0.4) is 0 Å². The Labute approximate surface area is 158 Å². The molecular formula is C19H22N2O5S. The van der Waals surface area contributed by atoms with Crippen molar-refractivity contribution < 1.29 is 23.1 Å². The fraction of sp³-hybridized carbons (Fsp3) is 0.263. The monoisotopic (exact) mass is 390 g/mol. The molecule has 1 atom stereocenters. The number of amides is 1. The summed E-state index contributed by atoms with van der Waals surface area (Å²) in [5, 5.41) is 11.7. The van der Waals surface area contributed by atoms with Crippen molar-refractivity contribution in [1.29, 1.82) is 0 Å². The molecule has 144 valence electrons. The van der Waals surface area contributed by atoms with Crippen LogP contribution < -0.4 is 10.0 Å². The van der Waals surface area contributed by atoms with Gasteiger partial charge in [0.1, 0.15) is 6.04 Å². The molecule has 0 aliphatic carbocycles. The summed E-state index contributed by atoms with van der Waals surface area (Å²) in [5.74, 6) is -1.60. The van der Waals surface area contributed by atoms with E-state index >= 15 is 0 Å². The van der Waals surface area contributed by atoms with Gasteiger partial charge in [-0.1, -0.05) is 38.1 Å².